The van der Waals surface area contributed by atoms with Crippen molar-refractivity contribution in [1.82, 2.24) is 14.9 Å². The quantitative estimate of drug-likeness (QED) is 0.773. The lowest BCUT2D eigenvalue weighted by molar-refractivity contribution is 0.452. The smallest absolute Gasteiger partial charge is 0.178 e. The minimum Gasteiger partial charge on any atom is -0.344 e. The van der Waals surface area contributed by atoms with E-state index < -0.39 is 0 Å². The first-order valence-electron chi connectivity index (χ1n) is 4.01. The van der Waals surface area contributed by atoms with Gasteiger partial charge in [0.25, 0.3) is 0 Å². The molecule has 1 saturated heterocycles. The Morgan fingerprint density at radius 3 is 3.54 bits per heavy atom. The van der Waals surface area contributed by atoms with Crippen LogP contribution in [0.4, 0.5) is 5.82 Å². The lowest BCUT2D eigenvalue weighted by Crippen LogP contribution is -2.23. The molecule has 1 fully saturated rings. The molecule has 1 N–H and O–H groups in total. The Hall–Kier alpha value is -0.490. The highest BCUT2D eigenvalue weighted by molar-refractivity contribution is 9.10. The summed E-state index contributed by atoms with van der Waals surface area (Å²) in [6.45, 7) is 1.08. The summed E-state index contributed by atoms with van der Waals surface area (Å²) < 4.78 is 0.768. The number of hydrogen-bond donors (Lipinski definition) is 1. The predicted octanol–water partition coefficient (Wildman–Crippen LogP) is 1.89. The first-order valence-corrected chi connectivity index (χ1v) is 5.86. The van der Waals surface area contributed by atoms with Crippen LogP contribution in [0.1, 0.15) is 11.1 Å². The summed E-state index contributed by atoms with van der Waals surface area (Å²) in [4.78, 5) is 13.9. The predicted molar refractivity (Wildman–Crippen MR) is 56.3 cm³/mol. The molecular weight excluding hydrogens is 252 g/mol. The summed E-state index contributed by atoms with van der Waals surface area (Å²) in [5.41, 5.74) is 1.12. The molecule has 3 rings (SSSR count). The van der Waals surface area contributed by atoms with Crippen molar-refractivity contribution < 1.29 is 0 Å². The molecular formula is C7H7BrN4S. The molecule has 2 aliphatic heterocycles. The highest BCUT2D eigenvalue weighted by Crippen LogP contribution is 2.42. The van der Waals surface area contributed by atoms with Gasteiger partial charge in [0.2, 0.25) is 0 Å². The number of rotatable bonds is 0. The fraction of sp³-hybridized carbons (Fsp3) is 0.429. The van der Waals surface area contributed by atoms with Crippen molar-refractivity contribution in [2.24, 2.45) is 4.99 Å². The molecule has 1 atom stereocenters. The third-order valence-electron chi connectivity index (χ3n) is 2.18. The number of halogens is 1. The van der Waals surface area contributed by atoms with Gasteiger partial charge in [-0.15, -0.1) is 11.8 Å². The van der Waals surface area contributed by atoms with Crippen molar-refractivity contribution in [2.75, 3.05) is 12.3 Å². The van der Waals surface area contributed by atoms with Gasteiger partial charge in [0.05, 0.1) is 12.0 Å². The summed E-state index contributed by atoms with van der Waals surface area (Å²) in [7, 11) is 0. The van der Waals surface area contributed by atoms with Gasteiger partial charge in [0.15, 0.2) is 10.6 Å². The Morgan fingerprint density at radius 2 is 2.62 bits per heavy atom. The lowest BCUT2D eigenvalue weighted by atomic mass is 10.3. The SMILES string of the molecule is Brc1nc2c([nH]1)[C@@H]1SCCN1C=N2. The number of fused-ring (bicyclic) bond motifs is 3. The standard InChI is InChI=1S/C7H7BrN4S/c8-7-10-4-5(11-7)9-3-12-1-2-13-6(4)12/h3,6H,1-2H2,(H,10,11)/t6-/m0/s1. The number of hydrogen-bond acceptors (Lipinski definition) is 4. The maximum Gasteiger partial charge on any atom is 0.178 e. The van der Waals surface area contributed by atoms with Gasteiger partial charge in [-0.25, -0.2) is 9.98 Å². The molecule has 0 radical (unpaired) electrons. The zero-order chi connectivity index (χ0) is 8.84. The second-order valence-electron chi connectivity index (χ2n) is 2.97. The third kappa shape index (κ3) is 1.12. The molecule has 13 heavy (non-hydrogen) atoms. The second kappa shape index (κ2) is 2.75. The van der Waals surface area contributed by atoms with Crippen LogP contribution in [-0.4, -0.2) is 33.5 Å². The summed E-state index contributed by atoms with van der Waals surface area (Å²) in [6.07, 6.45) is 1.89. The highest BCUT2D eigenvalue weighted by atomic mass is 79.9. The number of aromatic nitrogens is 2. The topological polar surface area (TPSA) is 44.3 Å². The van der Waals surface area contributed by atoms with Crippen molar-refractivity contribution in [3.63, 3.8) is 0 Å². The summed E-state index contributed by atoms with van der Waals surface area (Å²) in [5, 5.41) is 0.395. The van der Waals surface area contributed by atoms with Crippen LogP contribution in [0, 0.1) is 0 Å². The van der Waals surface area contributed by atoms with E-state index in [2.05, 4.69) is 35.8 Å². The van der Waals surface area contributed by atoms with Gasteiger partial charge in [0, 0.05) is 12.3 Å². The van der Waals surface area contributed by atoms with E-state index in [1.165, 1.54) is 0 Å². The van der Waals surface area contributed by atoms with E-state index in [1.807, 2.05) is 18.1 Å². The van der Waals surface area contributed by atoms with Crippen molar-refractivity contribution in [1.29, 1.82) is 0 Å². The highest BCUT2D eigenvalue weighted by Gasteiger charge is 2.31. The summed E-state index contributed by atoms with van der Waals surface area (Å²) in [5.74, 6) is 1.98. The van der Waals surface area contributed by atoms with Crippen molar-refractivity contribution in [2.45, 2.75) is 5.37 Å². The van der Waals surface area contributed by atoms with E-state index in [1.54, 1.807) is 0 Å². The molecule has 1 aromatic rings. The maximum absolute atomic E-state index is 4.27. The molecule has 0 bridgehead atoms. The molecule has 0 saturated carbocycles. The first-order chi connectivity index (χ1) is 6.34. The minimum absolute atomic E-state index is 0.395. The van der Waals surface area contributed by atoms with Crippen LogP contribution in [0.5, 0.6) is 0 Å². The zero-order valence-corrected chi connectivity index (χ0v) is 9.10. The number of thioether (sulfide) groups is 1. The average Bonchev–Trinajstić information content (AvgIpc) is 2.65. The van der Waals surface area contributed by atoms with Crippen LogP contribution in [0.2, 0.25) is 0 Å². The zero-order valence-electron chi connectivity index (χ0n) is 6.70. The first kappa shape index (κ1) is 7.87. The molecule has 6 heteroatoms. The average molecular weight is 259 g/mol. The number of H-pyrrole nitrogens is 1. The Morgan fingerprint density at radius 1 is 1.69 bits per heavy atom. The van der Waals surface area contributed by atoms with Crippen LogP contribution >= 0.6 is 27.7 Å². The molecule has 0 aromatic carbocycles. The molecule has 68 valence electrons. The van der Waals surface area contributed by atoms with E-state index in [0.29, 0.717) is 5.37 Å². The van der Waals surface area contributed by atoms with Crippen LogP contribution < -0.4 is 0 Å². The summed E-state index contributed by atoms with van der Waals surface area (Å²) >= 11 is 5.25. The number of aliphatic imine (C=N–C) groups is 1. The fourth-order valence-corrected chi connectivity index (χ4v) is 3.20. The monoisotopic (exact) mass is 258 g/mol. The number of nitrogens with one attached hydrogen (secondary N) is 1. The number of aromatic amines is 1. The van der Waals surface area contributed by atoms with Gasteiger partial charge in [0.1, 0.15) is 5.37 Å². The Bertz CT molecular complexity index is 375. The van der Waals surface area contributed by atoms with E-state index >= 15 is 0 Å². The van der Waals surface area contributed by atoms with Crippen molar-refractivity contribution in [3.8, 4) is 0 Å². The van der Waals surface area contributed by atoms with E-state index in [9.17, 15) is 0 Å². The maximum atomic E-state index is 4.27. The molecule has 4 nitrogen and oxygen atoms in total. The van der Waals surface area contributed by atoms with Crippen LogP contribution in [0.15, 0.2) is 9.73 Å². The molecule has 0 amide bonds. The normalized spacial score (nSPS) is 24.7. The molecule has 0 unspecified atom stereocenters. The van der Waals surface area contributed by atoms with E-state index in [0.717, 1.165) is 28.5 Å². The largest absolute Gasteiger partial charge is 0.344 e. The second-order valence-corrected chi connectivity index (χ2v) is 4.91. The van der Waals surface area contributed by atoms with Gasteiger partial charge in [-0.3, -0.25) is 0 Å². The lowest BCUT2D eigenvalue weighted by Gasteiger charge is -2.22. The Labute approximate surface area is 88.0 Å². The molecule has 0 spiro atoms. The van der Waals surface area contributed by atoms with Crippen LogP contribution in [-0.2, 0) is 0 Å². The van der Waals surface area contributed by atoms with Crippen molar-refractivity contribution in [3.05, 3.63) is 10.4 Å². The van der Waals surface area contributed by atoms with Crippen LogP contribution in [0.3, 0.4) is 0 Å². The van der Waals surface area contributed by atoms with Gasteiger partial charge >= 0.3 is 0 Å². The van der Waals surface area contributed by atoms with Gasteiger partial charge < -0.3 is 9.88 Å². The van der Waals surface area contributed by atoms with Gasteiger partial charge in [-0.05, 0) is 15.9 Å². The van der Waals surface area contributed by atoms with E-state index in [4.69, 9.17) is 0 Å². The number of imidazole rings is 1. The van der Waals surface area contributed by atoms with Gasteiger partial charge in [-0.2, -0.15) is 0 Å². The molecule has 0 aliphatic carbocycles. The van der Waals surface area contributed by atoms with Gasteiger partial charge in [-0.1, -0.05) is 0 Å². The van der Waals surface area contributed by atoms with Crippen molar-refractivity contribution >= 4 is 39.8 Å². The Kier molecular flexibility index (Phi) is 1.66. The minimum atomic E-state index is 0.395. The van der Waals surface area contributed by atoms with Crippen LogP contribution in [0.25, 0.3) is 0 Å². The Balaban J connectivity index is 2.12. The van der Waals surface area contributed by atoms with E-state index in [-0.39, 0.29) is 0 Å². The third-order valence-corrected chi connectivity index (χ3v) is 3.80. The molecule has 1 aromatic heterocycles. The number of nitrogens with zero attached hydrogens (tertiary/aromatic N) is 3. The molecule has 3 heterocycles. The summed E-state index contributed by atoms with van der Waals surface area (Å²) in [6, 6.07) is 0. The molecule has 2 aliphatic rings. The fourth-order valence-electron chi connectivity index (χ4n) is 1.60.